The van der Waals surface area contributed by atoms with Gasteiger partial charge in [0, 0.05) is 18.1 Å². The fraction of sp³-hybridized carbons (Fsp3) is 0.263. The van der Waals surface area contributed by atoms with E-state index in [2.05, 4.69) is 28.2 Å². The summed E-state index contributed by atoms with van der Waals surface area (Å²) in [6, 6.07) is 13.9. The van der Waals surface area contributed by atoms with Crippen LogP contribution in [0.4, 0.5) is 0 Å². The summed E-state index contributed by atoms with van der Waals surface area (Å²) in [6.45, 7) is 3.40. The number of nitrogens with zero attached hydrogens (tertiary/aromatic N) is 2. The molecule has 0 unspecified atom stereocenters. The molecule has 1 atom stereocenters. The van der Waals surface area contributed by atoms with Gasteiger partial charge in [0.15, 0.2) is 5.16 Å². The van der Waals surface area contributed by atoms with Crippen LogP contribution in [0.5, 0.6) is 0 Å². The van der Waals surface area contributed by atoms with Gasteiger partial charge in [0.2, 0.25) is 5.91 Å². The van der Waals surface area contributed by atoms with Gasteiger partial charge in [-0.1, -0.05) is 47.6 Å². The molecule has 2 aromatic carbocycles. The van der Waals surface area contributed by atoms with Crippen molar-refractivity contribution in [3.05, 3.63) is 58.6 Å². The molecule has 0 saturated heterocycles. The smallest absolute Gasteiger partial charge is 0.236 e. The minimum atomic E-state index is -0.193. The molecular formula is C19H18ClN3OS. The van der Waals surface area contributed by atoms with E-state index < -0.39 is 0 Å². The summed E-state index contributed by atoms with van der Waals surface area (Å²) >= 11 is 7.47. The third kappa shape index (κ3) is 3.39. The van der Waals surface area contributed by atoms with E-state index in [1.54, 1.807) is 0 Å². The van der Waals surface area contributed by atoms with Crippen molar-refractivity contribution in [2.45, 2.75) is 30.3 Å². The molecule has 25 heavy (non-hydrogen) atoms. The lowest BCUT2D eigenvalue weighted by Gasteiger charge is -2.30. The molecule has 128 valence electrons. The number of benzene rings is 2. The van der Waals surface area contributed by atoms with Crippen LogP contribution >= 0.6 is 23.4 Å². The van der Waals surface area contributed by atoms with Gasteiger partial charge in [-0.05, 0) is 42.7 Å². The summed E-state index contributed by atoms with van der Waals surface area (Å²) < 4.78 is 0. The van der Waals surface area contributed by atoms with Crippen LogP contribution in [0.25, 0.3) is 11.0 Å². The van der Waals surface area contributed by atoms with Crippen molar-refractivity contribution < 1.29 is 4.79 Å². The molecule has 0 radical (unpaired) electrons. The van der Waals surface area contributed by atoms with E-state index in [0.717, 1.165) is 29.2 Å². The fourth-order valence-corrected chi connectivity index (χ4v) is 4.25. The first-order chi connectivity index (χ1) is 12.1. The molecule has 4 nitrogen and oxygen atoms in total. The molecule has 0 spiro atoms. The summed E-state index contributed by atoms with van der Waals surface area (Å²) in [5.74, 6) is 0.151. The molecule has 2 heterocycles. The number of imidazole rings is 1. The number of nitrogens with one attached hydrogen (secondary N) is 1. The molecule has 0 fully saturated rings. The van der Waals surface area contributed by atoms with Crippen LogP contribution in [0.2, 0.25) is 5.02 Å². The zero-order chi connectivity index (χ0) is 17.4. The first-order valence-corrected chi connectivity index (χ1v) is 9.53. The predicted octanol–water partition coefficient (Wildman–Crippen LogP) is 4.28. The van der Waals surface area contributed by atoms with Crippen LogP contribution in [-0.2, 0) is 17.8 Å². The highest BCUT2D eigenvalue weighted by molar-refractivity contribution is 8.00. The minimum Gasteiger partial charge on any atom is -0.337 e. The van der Waals surface area contributed by atoms with E-state index in [1.807, 2.05) is 36.1 Å². The highest BCUT2D eigenvalue weighted by Gasteiger charge is 2.25. The normalized spacial score (nSPS) is 15.2. The third-order valence-corrected chi connectivity index (χ3v) is 5.71. The lowest BCUT2D eigenvalue weighted by atomic mass is 10.00. The zero-order valence-corrected chi connectivity index (χ0v) is 15.4. The number of carbonyl (C=O) groups excluding carboxylic acids is 1. The number of hydrogen-bond donors (Lipinski definition) is 1. The van der Waals surface area contributed by atoms with E-state index in [4.69, 9.17) is 11.6 Å². The van der Waals surface area contributed by atoms with Gasteiger partial charge >= 0.3 is 0 Å². The molecule has 0 aliphatic carbocycles. The van der Waals surface area contributed by atoms with E-state index in [-0.39, 0.29) is 11.2 Å². The summed E-state index contributed by atoms with van der Waals surface area (Å²) in [5.41, 5.74) is 4.35. The molecule has 4 rings (SSSR count). The van der Waals surface area contributed by atoms with Crippen molar-refractivity contribution in [3.8, 4) is 0 Å². The van der Waals surface area contributed by atoms with E-state index in [1.165, 1.54) is 22.9 Å². The summed E-state index contributed by atoms with van der Waals surface area (Å²) in [4.78, 5) is 22.5. The van der Waals surface area contributed by atoms with Crippen molar-refractivity contribution >= 4 is 40.3 Å². The zero-order valence-electron chi connectivity index (χ0n) is 13.8. The monoisotopic (exact) mass is 371 g/mol. The number of fused-ring (bicyclic) bond motifs is 2. The topological polar surface area (TPSA) is 49.0 Å². The van der Waals surface area contributed by atoms with Crippen molar-refractivity contribution in [2.24, 2.45) is 0 Å². The molecule has 1 aliphatic rings. The van der Waals surface area contributed by atoms with Gasteiger partial charge in [-0.3, -0.25) is 4.79 Å². The number of thioether (sulfide) groups is 1. The lowest BCUT2D eigenvalue weighted by Crippen LogP contribution is -2.40. The molecule has 1 aliphatic heterocycles. The summed E-state index contributed by atoms with van der Waals surface area (Å²) in [7, 11) is 0. The molecule has 1 N–H and O–H groups in total. The number of aromatic nitrogens is 2. The van der Waals surface area contributed by atoms with Gasteiger partial charge in [0.1, 0.15) is 0 Å². The van der Waals surface area contributed by atoms with Crippen LogP contribution < -0.4 is 0 Å². The standard InChI is InChI=1S/C19H18ClN3OS/c1-12(25-19-21-16-7-6-15(20)10-17(16)22-19)18(24)23-9-8-13-4-2-3-5-14(13)11-23/h2-7,10,12H,8-9,11H2,1H3,(H,21,22)/t12-/m0/s1. The van der Waals surface area contributed by atoms with Gasteiger partial charge in [-0.15, -0.1) is 0 Å². The van der Waals surface area contributed by atoms with Crippen molar-refractivity contribution in [3.63, 3.8) is 0 Å². The Morgan fingerprint density at radius 2 is 2.08 bits per heavy atom. The Hall–Kier alpha value is -1.98. The maximum absolute atomic E-state index is 12.8. The maximum atomic E-state index is 12.8. The van der Waals surface area contributed by atoms with Crippen LogP contribution in [-0.4, -0.2) is 32.6 Å². The molecule has 0 saturated carbocycles. The average Bonchev–Trinajstić information content (AvgIpc) is 3.01. The number of carbonyl (C=O) groups is 1. The van der Waals surface area contributed by atoms with Gasteiger partial charge < -0.3 is 9.88 Å². The number of aromatic amines is 1. The number of hydrogen-bond acceptors (Lipinski definition) is 3. The Bertz CT molecular complexity index is 939. The SMILES string of the molecule is C[C@H](Sc1nc2ccc(Cl)cc2[nH]1)C(=O)N1CCc2ccccc2C1. The fourth-order valence-electron chi connectivity index (χ4n) is 3.17. The second-order valence-electron chi connectivity index (χ2n) is 6.24. The number of rotatable bonds is 3. The Morgan fingerprint density at radius 3 is 2.92 bits per heavy atom. The van der Waals surface area contributed by atoms with Crippen molar-refractivity contribution in [1.82, 2.24) is 14.9 Å². The Balaban J connectivity index is 1.47. The molecule has 1 aromatic heterocycles. The van der Waals surface area contributed by atoms with Crippen LogP contribution in [0, 0.1) is 0 Å². The molecule has 1 amide bonds. The minimum absolute atomic E-state index is 0.151. The largest absolute Gasteiger partial charge is 0.337 e. The highest BCUT2D eigenvalue weighted by Crippen LogP contribution is 2.27. The van der Waals surface area contributed by atoms with E-state index >= 15 is 0 Å². The Morgan fingerprint density at radius 1 is 1.28 bits per heavy atom. The van der Waals surface area contributed by atoms with Gasteiger partial charge in [0.25, 0.3) is 0 Å². The van der Waals surface area contributed by atoms with Crippen LogP contribution in [0.15, 0.2) is 47.6 Å². The average molecular weight is 372 g/mol. The van der Waals surface area contributed by atoms with Crippen LogP contribution in [0.3, 0.4) is 0 Å². The molecule has 3 aromatic rings. The Kier molecular flexibility index (Phi) is 4.44. The quantitative estimate of drug-likeness (QED) is 0.699. The first-order valence-electron chi connectivity index (χ1n) is 8.27. The van der Waals surface area contributed by atoms with E-state index in [0.29, 0.717) is 11.6 Å². The van der Waals surface area contributed by atoms with E-state index in [9.17, 15) is 4.79 Å². The molecular weight excluding hydrogens is 354 g/mol. The summed E-state index contributed by atoms with van der Waals surface area (Å²) in [5, 5.41) is 1.22. The van der Waals surface area contributed by atoms with Gasteiger partial charge in [-0.25, -0.2) is 4.98 Å². The third-order valence-electron chi connectivity index (χ3n) is 4.50. The van der Waals surface area contributed by atoms with Crippen molar-refractivity contribution in [1.29, 1.82) is 0 Å². The summed E-state index contributed by atoms with van der Waals surface area (Å²) in [6.07, 6.45) is 0.919. The Labute approximate surface area is 155 Å². The molecule has 0 bridgehead atoms. The second kappa shape index (κ2) is 6.73. The van der Waals surface area contributed by atoms with Gasteiger partial charge in [0.05, 0.1) is 16.3 Å². The first kappa shape index (κ1) is 16.5. The maximum Gasteiger partial charge on any atom is 0.236 e. The second-order valence-corrected chi connectivity index (χ2v) is 8.01. The molecule has 6 heteroatoms. The predicted molar refractivity (Wildman–Crippen MR) is 102 cm³/mol. The number of amides is 1. The van der Waals surface area contributed by atoms with Crippen molar-refractivity contribution in [2.75, 3.05) is 6.54 Å². The van der Waals surface area contributed by atoms with Crippen LogP contribution in [0.1, 0.15) is 18.1 Å². The number of H-pyrrole nitrogens is 1. The van der Waals surface area contributed by atoms with Gasteiger partial charge in [-0.2, -0.15) is 0 Å². The number of halogens is 1. The highest BCUT2D eigenvalue weighted by atomic mass is 35.5. The lowest BCUT2D eigenvalue weighted by molar-refractivity contribution is -0.131.